The van der Waals surface area contributed by atoms with Crippen LogP contribution in [0.5, 0.6) is 11.5 Å². The minimum absolute atomic E-state index is 0.0897. The van der Waals surface area contributed by atoms with Crippen molar-refractivity contribution >= 4 is 11.8 Å². The number of ether oxygens (including phenoxy) is 2. The first-order valence-electron chi connectivity index (χ1n) is 12.3. The molecule has 0 unspecified atom stereocenters. The summed E-state index contributed by atoms with van der Waals surface area (Å²) in [5, 5.41) is 0. The van der Waals surface area contributed by atoms with Gasteiger partial charge in [0.05, 0.1) is 26.1 Å². The highest BCUT2D eigenvalue weighted by atomic mass is 16.5. The second-order valence-electron chi connectivity index (χ2n) is 10.6. The van der Waals surface area contributed by atoms with Gasteiger partial charge in [-0.1, -0.05) is 6.07 Å². The predicted molar refractivity (Wildman–Crippen MR) is 122 cm³/mol. The van der Waals surface area contributed by atoms with Crippen LogP contribution in [0.2, 0.25) is 0 Å². The molecule has 4 aliphatic carbocycles. The van der Waals surface area contributed by atoms with E-state index in [9.17, 15) is 9.59 Å². The fraction of sp³-hybridized carbons (Fsp3) is 0.692. The van der Waals surface area contributed by atoms with Crippen molar-refractivity contribution in [3.63, 3.8) is 0 Å². The minimum atomic E-state index is -0.0897. The van der Waals surface area contributed by atoms with Gasteiger partial charge in [0, 0.05) is 26.2 Å². The predicted octanol–water partition coefficient (Wildman–Crippen LogP) is 3.52. The van der Waals surface area contributed by atoms with E-state index in [0.717, 1.165) is 62.1 Å². The Kier molecular flexibility index (Phi) is 5.81. The molecule has 0 spiro atoms. The molecule has 0 atom stereocenters. The van der Waals surface area contributed by atoms with Gasteiger partial charge in [-0.15, -0.1) is 0 Å². The highest BCUT2D eigenvalue weighted by molar-refractivity contribution is 5.84. The third-order valence-electron chi connectivity index (χ3n) is 8.43. The number of hydrogen-bond donors (Lipinski definition) is 0. The molecule has 174 valence electrons. The zero-order valence-corrected chi connectivity index (χ0v) is 19.5. The smallest absolute Gasteiger partial charge is 0.228 e. The lowest BCUT2D eigenvalue weighted by molar-refractivity contribution is -0.157. The van der Waals surface area contributed by atoms with Crippen molar-refractivity contribution in [3.05, 3.63) is 23.8 Å². The molecule has 1 saturated heterocycles. The molecular weight excluding hydrogens is 404 g/mol. The monoisotopic (exact) mass is 440 g/mol. The molecule has 0 radical (unpaired) electrons. The Morgan fingerprint density at radius 2 is 1.47 bits per heavy atom. The van der Waals surface area contributed by atoms with Crippen molar-refractivity contribution in [1.29, 1.82) is 0 Å². The summed E-state index contributed by atoms with van der Waals surface area (Å²) in [6.45, 7) is 2.79. The standard InChI is InChI=1S/C26H36N2O4/c1-31-22-5-4-18(13-23(22)32-2)14-24(29)27-6-3-7-28(9-8-27)25(30)26-15-19-10-20(16-26)12-21(11-19)17-26/h4-5,13,19-21H,3,6-12,14-17H2,1-2H3. The summed E-state index contributed by atoms with van der Waals surface area (Å²) in [5.74, 6) is 4.13. The van der Waals surface area contributed by atoms with Gasteiger partial charge in [0.25, 0.3) is 0 Å². The molecule has 6 heteroatoms. The van der Waals surface area contributed by atoms with Crippen LogP contribution in [0.1, 0.15) is 50.5 Å². The maximum absolute atomic E-state index is 13.7. The molecule has 1 aromatic rings. The zero-order valence-electron chi connectivity index (χ0n) is 19.5. The number of nitrogens with zero attached hydrogens (tertiary/aromatic N) is 2. The molecule has 6 nitrogen and oxygen atoms in total. The molecule has 2 amide bonds. The van der Waals surface area contributed by atoms with Gasteiger partial charge in [0.15, 0.2) is 11.5 Å². The lowest BCUT2D eigenvalue weighted by atomic mass is 9.49. The first-order valence-corrected chi connectivity index (χ1v) is 12.3. The Hall–Kier alpha value is -2.24. The van der Waals surface area contributed by atoms with E-state index >= 15 is 0 Å². The van der Waals surface area contributed by atoms with E-state index in [1.54, 1.807) is 14.2 Å². The molecule has 1 aromatic carbocycles. The number of rotatable bonds is 5. The molecule has 6 rings (SSSR count). The molecule has 32 heavy (non-hydrogen) atoms. The Balaban J connectivity index is 1.21. The van der Waals surface area contributed by atoms with Crippen LogP contribution >= 0.6 is 0 Å². The Morgan fingerprint density at radius 1 is 0.875 bits per heavy atom. The SMILES string of the molecule is COc1ccc(CC(=O)N2CCCN(C(=O)C34CC5CC(CC(C5)C3)C4)CC2)cc1OC. The van der Waals surface area contributed by atoms with Crippen LogP contribution in [-0.2, 0) is 16.0 Å². The molecule has 5 aliphatic rings. The normalized spacial score (nSPS) is 31.4. The zero-order chi connectivity index (χ0) is 22.3. The van der Waals surface area contributed by atoms with E-state index in [1.807, 2.05) is 23.1 Å². The molecular formula is C26H36N2O4. The van der Waals surface area contributed by atoms with Crippen LogP contribution in [0.4, 0.5) is 0 Å². The summed E-state index contributed by atoms with van der Waals surface area (Å²) >= 11 is 0. The number of benzene rings is 1. The first kappa shape index (κ1) is 21.6. The van der Waals surface area contributed by atoms with Crippen molar-refractivity contribution in [2.45, 2.75) is 51.4 Å². The van der Waals surface area contributed by atoms with Crippen LogP contribution in [-0.4, -0.2) is 62.0 Å². The van der Waals surface area contributed by atoms with Gasteiger partial charge in [-0.25, -0.2) is 0 Å². The maximum Gasteiger partial charge on any atom is 0.228 e. The molecule has 5 fully saturated rings. The van der Waals surface area contributed by atoms with Crippen LogP contribution in [0.3, 0.4) is 0 Å². The van der Waals surface area contributed by atoms with Gasteiger partial charge in [-0.05, 0) is 80.4 Å². The third-order valence-corrected chi connectivity index (χ3v) is 8.43. The fourth-order valence-corrected chi connectivity index (χ4v) is 7.35. The van der Waals surface area contributed by atoms with Crippen molar-refractivity contribution in [2.75, 3.05) is 40.4 Å². The molecule has 0 N–H and O–H groups in total. The van der Waals surface area contributed by atoms with Crippen LogP contribution in [0.15, 0.2) is 18.2 Å². The van der Waals surface area contributed by atoms with Crippen LogP contribution < -0.4 is 9.47 Å². The fourth-order valence-electron chi connectivity index (χ4n) is 7.35. The third kappa shape index (κ3) is 3.97. The summed E-state index contributed by atoms with van der Waals surface area (Å²) in [4.78, 5) is 30.8. The van der Waals surface area contributed by atoms with Crippen molar-refractivity contribution in [2.24, 2.45) is 23.2 Å². The number of amides is 2. The Bertz CT molecular complexity index is 847. The molecule has 4 bridgehead atoms. The van der Waals surface area contributed by atoms with Crippen molar-refractivity contribution in [3.8, 4) is 11.5 Å². The van der Waals surface area contributed by atoms with Gasteiger partial charge in [-0.2, -0.15) is 0 Å². The van der Waals surface area contributed by atoms with Crippen molar-refractivity contribution in [1.82, 2.24) is 9.80 Å². The van der Waals surface area contributed by atoms with E-state index in [-0.39, 0.29) is 11.3 Å². The number of methoxy groups -OCH3 is 2. The van der Waals surface area contributed by atoms with E-state index in [1.165, 1.54) is 19.3 Å². The highest BCUT2D eigenvalue weighted by Gasteiger charge is 2.55. The van der Waals surface area contributed by atoms with Gasteiger partial charge in [-0.3, -0.25) is 9.59 Å². The highest BCUT2D eigenvalue weighted by Crippen LogP contribution is 2.60. The maximum atomic E-state index is 13.7. The molecule has 4 saturated carbocycles. The van der Waals surface area contributed by atoms with Crippen molar-refractivity contribution < 1.29 is 19.1 Å². The van der Waals surface area contributed by atoms with Gasteiger partial charge < -0.3 is 19.3 Å². The quantitative estimate of drug-likeness (QED) is 0.703. The topological polar surface area (TPSA) is 59.1 Å². The van der Waals surface area contributed by atoms with Gasteiger partial charge >= 0.3 is 0 Å². The largest absolute Gasteiger partial charge is 0.493 e. The van der Waals surface area contributed by atoms with Crippen LogP contribution in [0.25, 0.3) is 0 Å². The molecule has 0 aromatic heterocycles. The van der Waals surface area contributed by atoms with E-state index in [2.05, 4.69) is 4.90 Å². The average molecular weight is 441 g/mol. The lowest BCUT2D eigenvalue weighted by Gasteiger charge is -2.56. The Morgan fingerprint density at radius 3 is 2.09 bits per heavy atom. The Labute approximate surface area is 191 Å². The second kappa shape index (κ2) is 8.60. The summed E-state index contributed by atoms with van der Waals surface area (Å²) < 4.78 is 10.7. The van der Waals surface area contributed by atoms with Crippen LogP contribution in [0, 0.1) is 23.2 Å². The number of hydrogen-bond acceptors (Lipinski definition) is 4. The van der Waals surface area contributed by atoms with E-state index in [4.69, 9.17) is 9.47 Å². The molecule has 1 aliphatic heterocycles. The molecule has 1 heterocycles. The number of carbonyl (C=O) groups is 2. The van der Waals surface area contributed by atoms with Gasteiger partial charge in [0.2, 0.25) is 11.8 Å². The summed E-state index contributed by atoms with van der Waals surface area (Å²) in [5.41, 5.74) is 0.825. The van der Waals surface area contributed by atoms with E-state index < -0.39 is 0 Å². The minimum Gasteiger partial charge on any atom is -0.493 e. The summed E-state index contributed by atoms with van der Waals surface area (Å²) in [6, 6.07) is 5.63. The first-order chi connectivity index (χ1) is 15.5. The number of carbonyl (C=O) groups excluding carboxylic acids is 2. The van der Waals surface area contributed by atoms with E-state index in [0.29, 0.717) is 36.9 Å². The average Bonchev–Trinajstić information content (AvgIpc) is 3.04. The van der Waals surface area contributed by atoms with Gasteiger partial charge in [0.1, 0.15) is 0 Å². The second-order valence-corrected chi connectivity index (χ2v) is 10.6. The summed E-state index contributed by atoms with van der Waals surface area (Å²) in [6.07, 6.45) is 8.57. The lowest BCUT2D eigenvalue weighted by Crippen LogP contribution is -2.55. The summed E-state index contributed by atoms with van der Waals surface area (Å²) in [7, 11) is 3.21.